The predicted molar refractivity (Wildman–Crippen MR) is 406 cm³/mol. The van der Waals surface area contributed by atoms with Crippen LogP contribution in [-0.4, -0.2) is 0 Å². The zero-order chi connectivity index (χ0) is 67.4. The Kier molecular flexibility index (Phi) is 24.2. The van der Waals surface area contributed by atoms with Gasteiger partial charge in [-0.05, 0) is 397 Å². The van der Waals surface area contributed by atoms with E-state index in [1.807, 2.05) is 12.1 Å². The third kappa shape index (κ3) is 19.1. The van der Waals surface area contributed by atoms with Gasteiger partial charge >= 0.3 is 0 Å². The van der Waals surface area contributed by atoms with Crippen LogP contribution in [0.4, 0.5) is 0 Å². The third-order valence-electron chi connectivity index (χ3n) is 19.3. The quantitative estimate of drug-likeness (QED) is 0.156. The highest BCUT2D eigenvalue weighted by molar-refractivity contribution is 5.99. The molecule has 0 saturated carbocycles. The van der Waals surface area contributed by atoms with Gasteiger partial charge in [0.25, 0.3) is 0 Å². The van der Waals surface area contributed by atoms with Gasteiger partial charge in [-0.25, -0.2) is 0 Å². The van der Waals surface area contributed by atoms with Gasteiger partial charge in [0.1, 0.15) is 11.5 Å². The molecule has 12 rings (SSSR count). The zero-order valence-corrected chi connectivity index (χ0v) is 60.4. The van der Waals surface area contributed by atoms with Crippen LogP contribution in [-0.2, 0) is 6.42 Å². The van der Waals surface area contributed by atoms with Crippen molar-refractivity contribution in [1.29, 1.82) is 0 Å². The van der Waals surface area contributed by atoms with E-state index in [2.05, 4.69) is 336 Å². The molecule has 0 aliphatic rings. The summed E-state index contributed by atoms with van der Waals surface area (Å²) in [5.41, 5.74) is 38.0. The molecule has 12 aromatic rings. The Morgan fingerprint density at radius 1 is 0.163 bits per heavy atom. The van der Waals surface area contributed by atoms with E-state index in [0.29, 0.717) is 0 Å². The number of fused-ring (bicyclic) bond motifs is 3. The molecule has 0 heterocycles. The second kappa shape index (κ2) is 31.5. The number of aryl methyl sites for hydroxylation is 24. The Balaban J connectivity index is 0.000000158. The standard InChI is InChI=1S/C18H18.C17H20.C16H18O.C16H18.C14H16.C10H14/c1-11-5-15-9-17-7-13(3)14(4)8-18(17)10-16(15)6-12(11)2;1-12-5-7-16(9-14(12)3)11-17-8-6-13(2)15(4)10-17;1-11-5-7-15(9-13(11)3)17-16-8-6-12(2)14(4)10-16;1-11-5-7-15(9-13(11)3)16-8-6-12(2)14(4)10-16;1-9-5-13-7-11(3)12(4)8-14(13)6-10(9)2;1-7-5-9(3)10(4)6-8(7)2/h5-10H,1-4H3;5-10H,11H2,1-4H3;5-10H,1-4H3;5-10H,1-4H3;5-8H,1-4H3;5-6H,1-4H3. The summed E-state index contributed by atoms with van der Waals surface area (Å²) in [6.45, 7) is 51.8. The van der Waals surface area contributed by atoms with Crippen LogP contribution in [0.15, 0.2) is 182 Å². The Bertz CT molecular complexity index is 4080. The minimum atomic E-state index is 0.899. The van der Waals surface area contributed by atoms with Crippen molar-refractivity contribution < 1.29 is 4.74 Å². The Morgan fingerprint density at radius 2 is 0.359 bits per heavy atom. The molecule has 0 atom stereocenters. The molecule has 0 aliphatic carbocycles. The third-order valence-corrected chi connectivity index (χ3v) is 19.3. The first-order valence-corrected chi connectivity index (χ1v) is 33.0. The number of rotatable bonds is 5. The molecular formula is C91H104O. The summed E-state index contributed by atoms with van der Waals surface area (Å²) in [5, 5.41) is 8.08. The van der Waals surface area contributed by atoms with Crippen molar-refractivity contribution in [2.45, 2.75) is 173 Å². The molecule has 0 fully saturated rings. The van der Waals surface area contributed by atoms with Gasteiger partial charge in [-0.15, -0.1) is 0 Å². The number of ether oxygens (including phenoxy) is 1. The highest BCUT2D eigenvalue weighted by Crippen LogP contribution is 2.30. The van der Waals surface area contributed by atoms with Gasteiger partial charge in [-0.2, -0.15) is 0 Å². The van der Waals surface area contributed by atoms with Crippen LogP contribution in [0.2, 0.25) is 0 Å². The Morgan fingerprint density at radius 3 is 0.598 bits per heavy atom. The summed E-state index contributed by atoms with van der Waals surface area (Å²) in [6, 6.07) is 66.5. The average molecular weight is 1210 g/mol. The highest BCUT2D eigenvalue weighted by atomic mass is 16.5. The summed E-state index contributed by atoms with van der Waals surface area (Å²) < 4.78 is 5.85. The molecule has 474 valence electrons. The molecule has 0 spiro atoms. The van der Waals surface area contributed by atoms with E-state index in [0.717, 1.165) is 17.9 Å². The molecule has 12 aromatic carbocycles. The van der Waals surface area contributed by atoms with Crippen molar-refractivity contribution in [3.8, 4) is 22.6 Å². The van der Waals surface area contributed by atoms with Gasteiger partial charge in [0.05, 0.1) is 0 Å². The van der Waals surface area contributed by atoms with Gasteiger partial charge in [-0.3, -0.25) is 0 Å². The van der Waals surface area contributed by atoms with E-state index in [1.165, 1.54) is 188 Å². The van der Waals surface area contributed by atoms with Crippen molar-refractivity contribution in [2.24, 2.45) is 0 Å². The van der Waals surface area contributed by atoms with Crippen LogP contribution < -0.4 is 4.74 Å². The van der Waals surface area contributed by atoms with Crippen molar-refractivity contribution in [2.75, 3.05) is 0 Å². The minimum absolute atomic E-state index is 0.899. The van der Waals surface area contributed by atoms with Crippen molar-refractivity contribution >= 4 is 32.3 Å². The van der Waals surface area contributed by atoms with E-state index < -0.39 is 0 Å². The molecule has 0 N–H and O–H groups in total. The topological polar surface area (TPSA) is 9.23 Å². The van der Waals surface area contributed by atoms with Gasteiger partial charge < -0.3 is 4.74 Å². The van der Waals surface area contributed by atoms with E-state index >= 15 is 0 Å². The fourth-order valence-electron chi connectivity index (χ4n) is 11.1. The van der Waals surface area contributed by atoms with Crippen LogP contribution in [0.1, 0.15) is 145 Å². The van der Waals surface area contributed by atoms with Crippen LogP contribution in [0.25, 0.3) is 43.4 Å². The fraction of sp³-hybridized carbons (Fsp3) is 0.275. The minimum Gasteiger partial charge on any atom is -0.457 e. The maximum absolute atomic E-state index is 5.85. The first-order chi connectivity index (χ1) is 43.4. The predicted octanol–water partition coefficient (Wildman–Crippen LogP) is 26.0. The summed E-state index contributed by atoms with van der Waals surface area (Å²) in [7, 11) is 0. The summed E-state index contributed by atoms with van der Waals surface area (Å²) in [4.78, 5) is 0. The SMILES string of the molecule is Cc1cc(C)c(C)cc1C.Cc1cc2cc(C)c(C)cc2cc1C.Cc1cc2cc3cc(C)c(C)cc3cc2cc1C.Cc1ccc(-c2ccc(C)c(C)c2)cc1C.Cc1ccc(Cc2ccc(C)c(C)c2)cc1C.Cc1ccc(Oc2ccc(C)c(C)c2)cc1C. The van der Waals surface area contributed by atoms with Crippen LogP contribution in [0, 0.1) is 166 Å². The second-order valence-electron chi connectivity index (χ2n) is 26.9. The first-order valence-electron chi connectivity index (χ1n) is 33.0. The van der Waals surface area contributed by atoms with Crippen molar-refractivity contribution in [1.82, 2.24) is 0 Å². The van der Waals surface area contributed by atoms with Crippen molar-refractivity contribution in [3.63, 3.8) is 0 Å². The molecule has 0 saturated heterocycles. The van der Waals surface area contributed by atoms with Crippen LogP contribution >= 0.6 is 0 Å². The van der Waals surface area contributed by atoms with Crippen LogP contribution in [0.3, 0.4) is 0 Å². The van der Waals surface area contributed by atoms with E-state index in [-0.39, 0.29) is 0 Å². The summed E-state index contributed by atoms with van der Waals surface area (Å²) in [5.74, 6) is 1.80. The lowest BCUT2D eigenvalue weighted by Crippen LogP contribution is -1.92. The number of hydrogen-bond donors (Lipinski definition) is 0. The largest absolute Gasteiger partial charge is 0.457 e. The lowest BCUT2D eigenvalue weighted by molar-refractivity contribution is 0.481. The molecule has 0 bridgehead atoms. The van der Waals surface area contributed by atoms with Crippen molar-refractivity contribution in [3.05, 3.63) is 327 Å². The molecule has 0 radical (unpaired) electrons. The van der Waals surface area contributed by atoms with Gasteiger partial charge in [-0.1, -0.05) is 146 Å². The maximum Gasteiger partial charge on any atom is 0.127 e. The summed E-state index contributed by atoms with van der Waals surface area (Å²) >= 11 is 0. The molecule has 1 heteroatoms. The van der Waals surface area contributed by atoms with Crippen LogP contribution in [0.5, 0.6) is 11.5 Å². The molecule has 1 nitrogen and oxygen atoms in total. The number of benzene rings is 12. The molecular weight excluding hydrogens is 1110 g/mol. The molecule has 92 heavy (non-hydrogen) atoms. The van der Waals surface area contributed by atoms with E-state index in [1.54, 1.807) is 0 Å². The Hall–Kier alpha value is -8.78. The van der Waals surface area contributed by atoms with Gasteiger partial charge in [0, 0.05) is 0 Å². The molecule has 0 aliphatic heterocycles. The molecule has 0 unspecified atom stereocenters. The molecule has 0 amide bonds. The first kappa shape index (κ1) is 70.7. The smallest absolute Gasteiger partial charge is 0.127 e. The summed E-state index contributed by atoms with van der Waals surface area (Å²) in [6.07, 6.45) is 1.03. The monoisotopic (exact) mass is 1210 g/mol. The van der Waals surface area contributed by atoms with E-state index in [4.69, 9.17) is 4.74 Å². The maximum atomic E-state index is 5.85. The second-order valence-corrected chi connectivity index (χ2v) is 26.9. The Labute approximate surface area is 555 Å². The molecule has 0 aromatic heterocycles. The van der Waals surface area contributed by atoms with Gasteiger partial charge in [0.2, 0.25) is 0 Å². The highest BCUT2D eigenvalue weighted by Gasteiger charge is 2.07. The van der Waals surface area contributed by atoms with E-state index in [9.17, 15) is 0 Å². The lowest BCUT2D eigenvalue weighted by Gasteiger charge is -2.09. The van der Waals surface area contributed by atoms with Gasteiger partial charge in [0.15, 0.2) is 0 Å². The fourth-order valence-corrected chi connectivity index (χ4v) is 11.1. The lowest BCUT2D eigenvalue weighted by atomic mass is 9.96. The number of hydrogen-bond acceptors (Lipinski definition) is 1. The average Bonchev–Trinajstić information content (AvgIpc) is 0.836. The normalized spacial score (nSPS) is 10.7. The zero-order valence-electron chi connectivity index (χ0n) is 60.4.